The van der Waals surface area contributed by atoms with E-state index in [2.05, 4.69) is 20.9 Å². The fourth-order valence-corrected chi connectivity index (χ4v) is 2.27. The monoisotopic (exact) mass is 218 g/mol. The summed E-state index contributed by atoms with van der Waals surface area (Å²) in [4.78, 5) is 4.45. The zero-order valence-corrected chi connectivity index (χ0v) is 9.74. The zero-order chi connectivity index (χ0) is 11.4. The Balaban J connectivity index is 2.00. The van der Waals surface area contributed by atoms with Gasteiger partial charge in [-0.15, -0.1) is 0 Å². The summed E-state index contributed by atoms with van der Waals surface area (Å²) >= 11 is 0. The lowest BCUT2D eigenvalue weighted by molar-refractivity contribution is 0.529. The van der Waals surface area contributed by atoms with Crippen LogP contribution in [0.2, 0.25) is 0 Å². The first-order valence-corrected chi connectivity index (χ1v) is 5.95. The molecule has 0 aliphatic heterocycles. The van der Waals surface area contributed by atoms with Crippen molar-refractivity contribution in [1.82, 2.24) is 14.9 Å². The van der Waals surface area contributed by atoms with Gasteiger partial charge in [0, 0.05) is 12.2 Å². The average Bonchev–Trinajstić information content (AvgIpc) is 2.74. The van der Waals surface area contributed by atoms with Crippen molar-refractivity contribution in [3.63, 3.8) is 0 Å². The number of imidazole rings is 1. The van der Waals surface area contributed by atoms with E-state index >= 15 is 0 Å². The number of rotatable bonds is 4. The Morgan fingerprint density at radius 2 is 2.38 bits per heavy atom. The van der Waals surface area contributed by atoms with Crippen LogP contribution in [-0.4, -0.2) is 22.6 Å². The molecule has 1 unspecified atom stereocenters. The molecule has 0 amide bonds. The van der Waals surface area contributed by atoms with Gasteiger partial charge in [-0.05, 0) is 39.2 Å². The van der Waals surface area contributed by atoms with Crippen LogP contribution in [0.15, 0.2) is 6.33 Å². The van der Waals surface area contributed by atoms with E-state index in [-0.39, 0.29) is 6.04 Å². The molecule has 0 aromatic carbocycles. The summed E-state index contributed by atoms with van der Waals surface area (Å²) in [5.74, 6) is 0. The molecular weight excluding hydrogens is 200 g/mol. The van der Waals surface area contributed by atoms with Crippen LogP contribution in [0.5, 0.6) is 0 Å². The first-order chi connectivity index (χ1) is 7.85. The second kappa shape index (κ2) is 5.13. The molecule has 0 spiro atoms. The maximum atomic E-state index is 8.86. The van der Waals surface area contributed by atoms with E-state index in [1.807, 2.05) is 13.4 Å². The molecule has 0 saturated carbocycles. The van der Waals surface area contributed by atoms with Gasteiger partial charge in [-0.2, -0.15) is 5.26 Å². The molecule has 1 aromatic heterocycles. The Morgan fingerprint density at radius 1 is 1.56 bits per heavy atom. The second-order valence-electron chi connectivity index (χ2n) is 4.30. The molecule has 16 heavy (non-hydrogen) atoms. The largest absolute Gasteiger partial charge is 0.334 e. The molecule has 1 aliphatic carbocycles. The molecule has 1 atom stereocenters. The van der Waals surface area contributed by atoms with Gasteiger partial charge in [0.25, 0.3) is 0 Å². The predicted molar refractivity (Wildman–Crippen MR) is 61.9 cm³/mol. The normalized spacial score (nSPS) is 16.5. The number of fused-ring (bicyclic) bond motifs is 1. The predicted octanol–water partition coefficient (Wildman–Crippen LogP) is 1.26. The van der Waals surface area contributed by atoms with E-state index in [1.54, 1.807) is 0 Å². The minimum Gasteiger partial charge on any atom is -0.334 e. The van der Waals surface area contributed by atoms with Gasteiger partial charge < -0.3 is 9.88 Å². The maximum Gasteiger partial charge on any atom is 0.0967 e. The molecule has 2 rings (SSSR count). The number of nitrogens with one attached hydrogen (secondary N) is 1. The van der Waals surface area contributed by atoms with Gasteiger partial charge in [-0.3, -0.25) is 0 Å². The average molecular weight is 218 g/mol. The Morgan fingerprint density at radius 3 is 3.12 bits per heavy atom. The van der Waals surface area contributed by atoms with E-state index in [1.165, 1.54) is 24.2 Å². The Labute approximate surface area is 96.3 Å². The van der Waals surface area contributed by atoms with Crippen LogP contribution in [0.3, 0.4) is 0 Å². The van der Waals surface area contributed by atoms with Gasteiger partial charge in [-0.25, -0.2) is 4.98 Å². The van der Waals surface area contributed by atoms with Crippen molar-refractivity contribution in [2.24, 2.45) is 0 Å². The smallest absolute Gasteiger partial charge is 0.0967 e. The third-order valence-electron chi connectivity index (χ3n) is 3.27. The number of nitriles is 1. The van der Waals surface area contributed by atoms with Crippen molar-refractivity contribution >= 4 is 0 Å². The fraction of sp³-hybridized carbons (Fsp3) is 0.667. The van der Waals surface area contributed by atoms with Gasteiger partial charge >= 0.3 is 0 Å². The minimum absolute atomic E-state index is 0.0540. The molecule has 1 aliphatic rings. The first-order valence-electron chi connectivity index (χ1n) is 5.95. The molecule has 4 heteroatoms. The molecule has 0 bridgehead atoms. The van der Waals surface area contributed by atoms with Crippen molar-refractivity contribution in [3.05, 3.63) is 17.7 Å². The van der Waals surface area contributed by atoms with Crippen molar-refractivity contribution in [2.45, 2.75) is 44.7 Å². The summed E-state index contributed by atoms with van der Waals surface area (Å²) in [7, 11) is 1.83. The van der Waals surface area contributed by atoms with Gasteiger partial charge in [0.1, 0.15) is 0 Å². The summed E-state index contributed by atoms with van der Waals surface area (Å²) < 4.78 is 2.22. The number of aryl methyl sites for hydroxylation is 2. The molecule has 1 heterocycles. The molecule has 86 valence electrons. The highest BCUT2D eigenvalue weighted by atomic mass is 15.1. The Hall–Kier alpha value is -1.34. The van der Waals surface area contributed by atoms with Crippen LogP contribution in [0, 0.1) is 11.3 Å². The van der Waals surface area contributed by atoms with Crippen molar-refractivity contribution in [2.75, 3.05) is 7.05 Å². The SMILES string of the molecule is CNC(C#N)CCn1cnc2c1CCCC2. The lowest BCUT2D eigenvalue weighted by atomic mass is 10.0. The van der Waals surface area contributed by atoms with Gasteiger partial charge in [-0.1, -0.05) is 0 Å². The summed E-state index contributed by atoms with van der Waals surface area (Å²) in [6.45, 7) is 0.890. The topological polar surface area (TPSA) is 53.6 Å². The summed E-state index contributed by atoms with van der Waals surface area (Å²) in [6, 6.07) is 2.20. The molecule has 1 aromatic rings. The lowest BCUT2D eigenvalue weighted by Gasteiger charge is -2.15. The van der Waals surface area contributed by atoms with Gasteiger partial charge in [0.2, 0.25) is 0 Å². The lowest BCUT2D eigenvalue weighted by Crippen LogP contribution is -2.25. The highest BCUT2D eigenvalue weighted by molar-refractivity contribution is 5.16. The quantitative estimate of drug-likeness (QED) is 0.828. The van der Waals surface area contributed by atoms with Crippen LogP contribution < -0.4 is 5.32 Å². The molecule has 0 fully saturated rings. The third kappa shape index (κ3) is 2.25. The van der Waals surface area contributed by atoms with E-state index < -0.39 is 0 Å². The molecular formula is C12H18N4. The fourth-order valence-electron chi connectivity index (χ4n) is 2.27. The van der Waals surface area contributed by atoms with Crippen molar-refractivity contribution in [3.8, 4) is 6.07 Å². The maximum absolute atomic E-state index is 8.86. The number of hydrogen-bond acceptors (Lipinski definition) is 3. The van der Waals surface area contributed by atoms with E-state index in [0.29, 0.717) is 0 Å². The van der Waals surface area contributed by atoms with Crippen LogP contribution >= 0.6 is 0 Å². The summed E-state index contributed by atoms with van der Waals surface area (Å²) in [5, 5.41) is 11.9. The molecule has 0 radical (unpaired) electrons. The van der Waals surface area contributed by atoms with Crippen molar-refractivity contribution < 1.29 is 0 Å². The highest BCUT2D eigenvalue weighted by Crippen LogP contribution is 2.20. The van der Waals surface area contributed by atoms with Crippen LogP contribution in [0.4, 0.5) is 0 Å². The third-order valence-corrected chi connectivity index (χ3v) is 3.27. The van der Waals surface area contributed by atoms with Crippen molar-refractivity contribution in [1.29, 1.82) is 5.26 Å². The molecule has 0 saturated heterocycles. The van der Waals surface area contributed by atoms with Crippen LogP contribution in [0.25, 0.3) is 0 Å². The Bertz CT molecular complexity index is 388. The van der Waals surface area contributed by atoms with E-state index in [4.69, 9.17) is 5.26 Å². The summed E-state index contributed by atoms with van der Waals surface area (Å²) in [6.07, 6.45) is 7.58. The highest BCUT2D eigenvalue weighted by Gasteiger charge is 2.15. The summed E-state index contributed by atoms with van der Waals surface area (Å²) in [5.41, 5.74) is 2.66. The van der Waals surface area contributed by atoms with E-state index in [0.717, 1.165) is 25.8 Å². The van der Waals surface area contributed by atoms with Crippen LogP contribution in [-0.2, 0) is 19.4 Å². The minimum atomic E-state index is -0.0540. The van der Waals surface area contributed by atoms with Gasteiger partial charge in [0.15, 0.2) is 0 Å². The number of hydrogen-bond donors (Lipinski definition) is 1. The van der Waals surface area contributed by atoms with Crippen LogP contribution in [0.1, 0.15) is 30.7 Å². The van der Waals surface area contributed by atoms with E-state index in [9.17, 15) is 0 Å². The standard InChI is InChI=1S/C12H18N4/c1-14-10(8-13)6-7-16-9-15-11-4-2-3-5-12(11)16/h9-10,14H,2-7H2,1H3. The van der Waals surface area contributed by atoms with Gasteiger partial charge in [0.05, 0.1) is 24.1 Å². The number of aromatic nitrogens is 2. The zero-order valence-electron chi connectivity index (χ0n) is 9.74. The molecule has 1 N–H and O–H groups in total. The molecule has 4 nitrogen and oxygen atoms in total. The second-order valence-corrected chi connectivity index (χ2v) is 4.30. The Kier molecular flexibility index (Phi) is 3.58. The number of nitrogens with zero attached hydrogens (tertiary/aromatic N) is 3. The first kappa shape index (κ1) is 11.2.